The molecule has 0 spiro atoms. The third-order valence-corrected chi connectivity index (χ3v) is 4.79. The Morgan fingerprint density at radius 1 is 1.07 bits per heavy atom. The lowest BCUT2D eigenvalue weighted by Crippen LogP contribution is -2.18. The molecule has 0 saturated heterocycles. The largest absolute Gasteiger partial charge is 0.493 e. The van der Waals surface area contributed by atoms with Gasteiger partial charge >= 0.3 is 0 Å². The lowest BCUT2D eigenvalue weighted by molar-refractivity contribution is 0.0954. The van der Waals surface area contributed by atoms with Gasteiger partial charge in [0.1, 0.15) is 6.61 Å². The number of rotatable bonds is 7. The third kappa shape index (κ3) is 5.68. The Morgan fingerprint density at radius 2 is 1.83 bits per heavy atom. The third-order valence-electron chi connectivity index (χ3n) is 4.26. The first kappa shape index (κ1) is 20.6. The maximum absolute atomic E-state index is 12.2. The van der Waals surface area contributed by atoms with E-state index in [0.29, 0.717) is 23.7 Å². The molecule has 0 aliphatic heterocycles. The Balaban J connectivity index is 1.63. The van der Waals surface area contributed by atoms with Crippen LogP contribution in [0.5, 0.6) is 11.5 Å². The molecule has 0 heterocycles. The van der Waals surface area contributed by atoms with Crippen LogP contribution in [-0.2, 0) is 6.61 Å². The van der Waals surface area contributed by atoms with Crippen LogP contribution in [0.15, 0.2) is 76.3 Å². The van der Waals surface area contributed by atoms with E-state index in [-0.39, 0.29) is 5.91 Å². The molecule has 0 aromatic heterocycles. The fourth-order valence-electron chi connectivity index (χ4n) is 2.68. The molecule has 5 nitrogen and oxygen atoms in total. The predicted molar refractivity (Wildman–Crippen MR) is 118 cm³/mol. The highest BCUT2D eigenvalue weighted by Crippen LogP contribution is 2.28. The van der Waals surface area contributed by atoms with Gasteiger partial charge in [-0.05, 0) is 60.0 Å². The van der Waals surface area contributed by atoms with Gasteiger partial charge in [0.2, 0.25) is 0 Å². The molecule has 0 radical (unpaired) electrons. The summed E-state index contributed by atoms with van der Waals surface area (Å²) < 4.78 is 12.3. The highest BCUT2D eigenvalue weighted by molar-refractivity contribution is 9.10. The van der Waals surface area contributed by atoms with Gasteiger partial charge in [-0.2, -0.15) is 5.10 Å². The summed E-state index contributed by atoms with van der Waals surface area (Å²) in [6.45, 7) is 2.32. The van der Waals surface area contributed by atoms with E-state index in [9.17, 15) is 4.79 Å². The zero-order valence-corrected chi connectivity index (χ0v) is 17.8. The SMILES string of the molecule is COc1cc(/C=N/NC(=O)c2ccccc2C)ccc1OCc1ccc(Br)cc1. The molecular formula is C23H21BrN2O3. The first-order valence-electron chi connectivity index (χ1n) is 9.01. The number of carbonyl (C=O) groups is 1. The summed E-state index contributed by atoms with van der Waals surface area (Å²) in [5, 5.41) is 4.04. The zero-order valence-electron chi connectivity index (χ0n) is 16.2. The van der Waals surface area contributed by atoms with Crippen LogP contribution >= 0.6 is 15.9 Å². The number of halogens is 1. The molecule has 1 amide bonds. The number of nitrogens with one attached hydrogen (secondary N) is 1. The van der Waals surface area contributed by atoms with E-state index in [2.05, 4.69) is 26.5 Å². The fraction of sp³-hybridized carbons (Fsp3) is 0.130. The van der Waals surface area contributed by atoms with Crippen molar-refractivity contribution in [3.8, 4) is 11.5 Å². The Morgan fingerprint density at radius 3 is 2.55 bits per heavy atom. The van der Waals surface area contributed by atoms with Gasteiger partial charge in [-0.3, -0.25) is 4.79 Å². The van der Waals surface area contributed by atoms with Crippen LogP contribution in [0.25, 0.3) is 0 Å². The topological polar surface area (TPSA) is 59.9 Å². The molecule has 3 aromatic carbocycles. The second kappa shape index (κ2) is 9.89. The van der Waals surface area contributed by atoms with Crippen molar-refractivity contribution >= 4 is 28.1 Å². The molecule has 148 valence electrons. The van der Waals surface area contributed by atoms with Crippen molar-refractivity contribution in [1.82, 2.24) is 5.43 Å². The smallest absolute Gasteiger partial charge is 0.271 e. The molecule has 6 heteroatoms. The standard InChI is InChI=1S/C23H21BrN2O3/c1-16-5-3-4-6-20(16)23(27)26-25-14-18-9-12-21(22(13-18)28-2)29-15-17-7-10-19(24)11-8-17/h3-14H,15H2,1-2H3,(H,26,27)/b25-14+. The first-order chi connectivity index (χ1) is 14.1. The highest BCUT2D eigenvalue weighted by atomic mass is 79.9. The van der Waals surface area contributed by atoms with Gasteiger partial charge in [-0.15, -0.1) is 0 Å². The molecule has 0 aliphatic rings. The molecule has 0 aliphatic carbocycles. The van der Waals surface area contributed by atoms with Crippen molar-refractivity contribution in [3.63, 3.8) is 0 Å². The van der Waals surface area contributed by atoms with Gasteiger partial charge in [-0.1, -0.05) is 46.3 Å². The monoisotopic (exact) mass is 452 g/mol. The van der Waals surface area contributed by atoms with E-state index < -0.39 is 0 Å². The molecule has 0 fully saturated rings. The van der Waals surface area contributed by atoms with E-state index in [4.69, 9.17) is 9.47 Å². The van der Waals surface area contributed by atoms with Crippen LogP contribution in [-0.4, -0.2) is 19.2 Å². The summed E-state index contributed by atoms with van der Waals surface area (Å²) in [4.78, 5) is 12.2. The van der Waals surface area contributed by atoms with E-state index in [1.54, 1.807) is 25.5 Å². The number of carbonyl (C=O) groups excluding carboxylic acids is 1. The van der Waals surface area contributed by atoms with Crippen molar-refractivity contribution < 1.29 is 14.3 Å². The summed E-state index contributed by atoms with van der Waals surface area (Å²) in [7, 11) is 1.59. The Bertz CT molecular complexity index is 1020. The Kier molecular flexibility index (Phi) is 7.03. The Hall–Kier alpha value is -3.12. The van der Waals surface area contributed by atoms with Crippen molar-refractivity contribution in [2.45, 2.75) is 13.5 Å². The number of ether oxygens (including phenoxy) is 2. The number of methoxy groups -OCH3 is 1. The van der Waals surface area contributed by atoms with Crippen LogP contribution in [0, 0.1) is 6.92 Å². The lowest BCUT2D eigenvalue weighted by atomic mass is 10.1. The minimum absolute atomic E-state index is 0.249. The molecule has 0 bridgehead atoms. The lowest BCUT2D eigenvalue weighted by Gasteiger charge is -2.11. The second-order valence-corrected chi connectivity index (χ2v) is 7.26. The van der Waals surface area contributed by atoms with Gasteiger partial charge < -0.3 is 9.47 Å². The van der Waals surface area contributed by atoms with Gasteiger partial charge in [0.05, 0.1) is 13.3 Å². The average Bonchev–Trinajstić information content (AvgIpc) is 2.74. The van der Waals surface area contributed by atoms with Crippen molar-refractivity contribution in [3.05, 3.63) is 93.5 Å². The number of aryl methyl sites for hydroxylation is 1. The predicted octanol–water partition coefficient (Wildman–Crippen LogP) is 5.11. The highest BCUT2D eigenvalue weighted by Gasteiger charge is 2.08. The van der Waals surface area contributed by atoms with E-state index in [0.717, 1.165) is 21.2 Å². The number of hydrazone groups is 1. The second-order valence-electron chi connectivity index (χ2n) is 6.34. The summed E-state index contributed by atoms with van der Waals surface area (Å²) in [5.74, 6) is 0.980. The number of nitrogens with zero attached hydrogens (tertiary/aromatic N) is 1. The molecule has 1 N–H and O–H groups in total. The molecular weight excluding hydrogens is 432 g/mol. The van der Waals surface area contributed by atoms with Crippen LogP contribution in [0.2, 0.25) is 0 Å². The van der Waals surface area contributed by atoms with Gasteiger partial charge in [0.15, 0.2) is 11.5 Å². The summed E-state index contributed by atoms with van der Waals surface area (Å²) >= 11 is 3.42. The number of amides is 1. The van der Waals surface area contributed by atoms with Crippen LogP contribution < -0.4 is 14.9 Å². The van der Waals surface area contributed by atoms with Crippen molar-refractivity contribution in [2.24, 2.45) is 5.10 Å². The zero-order chi connectivity index (χ0) is 20.6. The number of hydrogen-bond acceptors (Lipinski definition) is 4. The summed E-state index contributed by atoms with van der Waals surface area (Å²) in [6, 6.07) is 20.8. The first-order valence-corrected chi connectivity index (χ1v) is 9.80. The molecule has 3 aromatic rings. The van der Waals surface area contributed by atoms with Crippen molar-refractivity contribution in [2.75, 3.05) is 7.11 Å². The maximum Gasteiger partial charge on any atom is 0.271 e. The normalized spacial score (nSPS) is 10.7. The fourth-order valence-corrected chi connectivity index (χ4v) is 2.94. The van der Waals surface area contributed by atoms with Crippen LogP contribution in [0.1, 0.15) is 27.0 Å². The Labute approximate surface area is 178 Å². The van der Waals surface area contributed by atoms with E-state index in [1.165, 1.54) is 0 Å². The average molecular weight is 453 g/mol. The van der Waals surface area contributed by atoms with Gasteiger partial charge in [0, 0.05) is 10.0 Å². The molecule has 3 rings (SSSR count). The van der Waals surface area contributed by atoms with Crippen LogP contribution in [0.4, 0.5) is 0 Å². The molecule has 29 heavy (non-hydrogen) atoms. The molecule has 0 atom stereocenters. The summed E-state index contributed by atoms with van der Waals surface area (Å²) in [5.41, 5.74) is 5.88. The van der Waals surface area contributed by atoms with Gasteiger partial charge in [-0.25, -0.2) is 5.43 Å². The number of hydrogen-bond donors (Lipinski definition) is 1. The maximum atomic E-state index is 12.2. The van der Waals surface area contributed by atoms with Crippen molar-refractivity contribution in [1.29, 1.82) is 0 Å². The van der Waals surface area contributed by atoms with Crippen LogP contribution in [0.3, 0.4) is 0 Å². The minimum atomic E-state index is -0.249. The van der Waals surface area contributed by atoms with E-state index in [1.807, 2.05) is 61.5 Å². The summed E-state index contributed by atoms with van der Waals surface area (Å²) in [6.07, 6.45) is 1.57. The number of benzene rings is 3. The molecule has 0 unspecified atom stereocenters. The molecule has 0 saturated carbocycles. The van der Waals surface area contributed by atoms with E-state index >= 15 is 0 Å². The minimum Gasteiger partial charge on any atom is -0.493 e. The quantitative estimate of drug-likeness (QED) is 0.400. The van der Waals surface area contributed by atoms with Gasteiger partial charge in [0.25, 0.3) is 5.91 Å².